The smallest absolute Gasteiger partial charge is 0.416 e. The third-order valence-corrected chi connectivity index (χ3v) is 3.22. The molecule has 142 valence electrons. The summed E-state index contributed by atoms with van der Waals surface area (Å²) in [6, 6.07) is 4.32. The van der Waals surface area contributed by atoms with Gasteiger partial charge < -0.3 is 15.6 Å². The van der Waals surface area contributed by atoms with E-state index in [9.17, 15) is 18.3 Å². The molecule has 0 aliphatic carbocycles. The lowest BCUT2D eigenvalue weighted by atomic mass is 10.0. The van der Waals surface area contributed by atoms with Crippen LogP contribution in [0.4, 0.5) is 13.2 Å². The van der Waals surface area contributed by atoms with Crippen molar-refractivity contribution in [2.45, 2.75) is 20.0 Å². The Hall–Kier alpha value is -2.96. The summed E-state index contributed by atoms with van der Waals surface area (Å²) in [4.78, 5) is 3.91. The van der Waals surface area contributed by atoms with E-state index in [1.165, 1.54) is 39.2 Å². The topological polar surface area (TPSA) is 67.8 Å². The predicted octanol–water partition coefficient (Wildman–Crippen LogP) is 4.88. The van der Waals surface area contributed by atoms with Crippen LogP contribution in [0.3, 0.4) is 0 Å². The summed E-state index contributed by atoms with van der Waals surface area (Å²) in [6.45, 7) is 12.3. The summed E-state index contributed by atoms with van der Waals surface area (Å²) in [5.41, 5.74) is 4.77. The number of aromatic hydroxyl groups is 1. The van der Waals surface area contributed by atoms with Crippen molar-refractivity contribution in [2.75, 3.05) is 7.11 Å². The molecular formula is C19H23F3N2O2. The molecule has 1 rings (SSSR count). The Balaban J connectivity index is 0.00000301. The molecule has 0 radical (unpaired) electrons. The summed E-state index contributed by atoms with van der Waals surface area (Å²) in [6.07, 6.45) is -2.33. The highest BCUT2D eigenvalue weighted by atomic mass is 19.4. The number of aliphatic imine (C=N–C) groups is 1. The summed E-state index contributed by atoms with van der Waals surface area (Å²) in [7, 11) is 1.43. The van der Waals surface area contributed by atoms with E-state index >= 15 is 0 Å². The van der Waals surface area contributed by atoms with Crippen LogP contribution in [-0.2, 0) is 0 Å². The number of ether oxygens (including phenoxy) is 1. The quantitative estimate of drug-likeness (QED) is 0.337. The van der Waals surface area contributed by atoms with Gasteiger partial charge in [0.15, 0.2) is 0 Å². The first-order chi connectivity index (χ1) is 12.1. The van der Waals surface area contributed by atoms with Gasteiger partial charge in [-0.15, -0.1) is 13.2 Å². The van der Waals surface area contributed by atoms with E-state index in [1.54, 1.807) is 6.07 Å². The van der Waals surface area contributed by atoms with E-state index in [1.807, 2.05) is 0 Å². The van der Waals surface area contributed by atoms with Crippen molar-refractivity contribution >= 4 is 5.84 Å². The number of methoxy groups -OCH3 is 1. The molecule has 0 spiro atoms. The summed E-state index contributed by atoms with van der Waals surface area (Å²) < 4.78 is 44.1. The van der Waals surface area contributed by atoms with E-state index in [0.29, 0.717) is 5.75 Å². The Bertz CT molecular complexity index is 733. The Labute approximate surface area is 151 Å². The van der Waals surface area contributed by atoms with Gasteiger partial charge in [0.25, 0.3) is 0 Å². The number of alkyl halides is 3. The van der Waals surface area contributed by atoms with Gasteiger partial charge in [-0.2, -0.15) is 13.2 Å². The Morgan fingerprint density at radius 2 is 1.81 bits per heavy atom. The highest BCUT2D eigenvalue weighted by molar-refractivity contribution is 6.00. The number of hydrogen-bond acceptors (Lipinski definition) is 3. The number of nitrogens with two attached hydrogens (primary N) is 1. The Morgan fingerprint density at radius 1 is 1.23 bits per heavy atom. The van der Waals surface area contributed by atoms with E-state index < -0.39 is 11.7 Å². The van der Waals surface area contributed by atoms with Crippen molar-refractivity contribution in [2.24, 2.45) is 10.7 Å². The fraction of sp³-hybridized carbons (Fsp3) is 0.211. The zero-order valence-electron chi connectivity index (χ0n) is 15.0. The standard InChI is InChI=1S/C17H19F3N2O2.C2H4/c1-5-12(14(6-2)17(18,19)20)10(3)22-16(21)13-8-7-11(24-4)9-15(13)23;1-2/h5-9,23H,3H2,1-2,4H3,(H2,21,22);1-2H2/b12-5-,14-6+;. The first-order valence-electron chi connectivity index (χ1n) is 7.46. The third kappa shape index (κ3) is 5.84. The second-order valence-electron chi connectivity index (χ2n) is 4.73. The van der Waals surface area contributed by atoms with Crippen LogP contribution in [0.25, 0.3) is 0 Å². The maximum absolute atomic E-state index is 13.0. The fourth-order valence-corrected chi connectivity index (χ4v) is 2.07. The molecule has 0 aromatic heterocycles. The first-order valence-corrected chi connectivity index (χ1v) is 7.46. The third-order valence-electron chi connectivity index (χ3n) is 3.22. The van der Waals surface area contributed by atoms with Crippen LogP contribution < -0.4 is 10.5 Å². The molecule has 1 aromatic rings. The summed E-state index contributed by atoms with van der Waals surface area (Å²) in [5, 5.41) is 9.91. The number of amidine groups is 1. The van der Waals surface area contributed by atoms with Gasteiger partial charge in [0.1, 0.15) is 17.3 Å². The zero-order chi connectivity index (χ0) is 20.5. The first kappa shape index (κ1) is 23.0. The lowest BCUT2D eigenvalue weighted by Gasteiger charge is -2.15. The Morgan fingerprint density at radius 3 is 2.19 bits per heavy atom. The van der Waals surface area contributed by atoms with Gasteiger partial charge in [0.05, 0.1) is 23.9 Å². The van der Waals surface area contributed by atoms with Gasteiger partial charge in [-0.1, -0.05) is 18.7 Å². The number of hydrogen-bond donors (Lipinski definition) is 2. The Kier molecular flexibility index (Phi) is 8.97. The molecule has 3 N–H and O–H groups in total. The molecule has 0 atom stereocenters. The van der Waals surface area contributed by atoms with Crippen molar-refractivity contribution in [3.8, 4) is 11.5 Å². The SMILES string of the molecule is C=C.C=C(N=C(N)c1ccc(OC)cc1O)C(=C/C)/C(=C\C)C(F)(F)F. The molecule has 0 unspecified atom stereocenters. The number of phenols is 1. The van der Waals surface area contributed by atoms with Gasteiger partial charge in [-0.05, 0) is 26.0 Å². The fourth-order valence-electron chi connectivity index (χ4n) is 2.07. The van der Waals surface area contributed by atoms with Gasteiger partial charge >= 0.3 is 6.18 Å². The van der Waals surface area contributed by atoms with Crippen molar-refractivity contribution < 1.29 is 23.0 Å². The minimum Gasteiger partial charge on any atom is -0.507 e. The van der Waals surface area contributed by atoms with Gasteiger partial charge in [0, 0.05) is 11.6 Å². The number of rotatable bonds is 5. The van der Waals surface area contributed by atoms with Crippen LogP contribution in [-0.4, -0.2) is 24.2 Å². The van der Waals surface area contributed by atoms with E-state index in [2.05, 4.69) is 24.7 Å². The number of allylic oxidation sites excluding steroid dienone is 3. The molecule has 0 heterocycles. The van der Waals surface area contributed by atoms with E-state index in [0.717, 1.165) is 6.08 Å². The molecule has 1 aromatic carbocycles. The average Bonchev–Trinajstić information content (AvgIpc) is 2.59. The lowest BCUT2D eigenvalue weighted by molar-refractivity contribution is -0.0892. The molecule has 0 fully saturated rings. The van der Waals surface area contributed by atoms with Crippen LogP contribution in [0, 0.1) is 0 Å². The molecule has 0 aliphatic rings. The van der Waals surface area contributed by atoms with Crippen molar-refractivity contribution in [3.05, 3.63) is 72.5 Å². The molecule has 0 amide bonds. The molecule has 0 bridgehead atoms. The van der Waals surface area contributed by atoms with Gasteiger partial charge in [-0.25, -0.2) is 4.99 Å². The summed E-state index contributed by atoms with van der Waals surface area (Å²) in [5.74, 6) is 0.0509. The minimum atomic E-state index is -4.54. The zero-order valence-corrected chi connectivity index (χ0v) is 15.0. The minimum absolute atomic E-state index is 0.155. The van der Waals surface area contributed by atoms with Gasteiger partial charge in [0.2, 0.25) is 0 Å². The number of nitrogens with zero attached hydrogens (tertiary/aromatic N) is 1. The van der Waals surface area contributed by atoms with Crippen molar-refractivity contribution in [1.82, 2.24) is 0 Å². The van der Waals surface area contributed by atoms with Crippen LogP contribution in [0.1, 0.15) is 19.4 Å². The number of benzene rings is 1. The number of phenolic OH excluding ortho intramolecular Hbond substituents is 1. The monoisotopic (exact) mass is 368 g/mol. The normalized spacial score (nSPS) is 12.9. The van der Waals surface area contributed by atoms with Crippen LogP contribution in [0.15, 0.2) is 71.9 Å². The molecule has 0 saturated carbocycles. The molecule has 26 heavy (non-hydrogen) atoms. The maximum Gasteiger partial charge on any atom is 0.416 e. The van der Waals surface area contributed by atoms with Crippen LogP contribution in [0.5, 0.6) is 11.5 Å². The van der Waals surface area contributed by atoms with Crippen LogP contribution in [0.2, 0.25) is 0 Å². The second-order valence-corrected chi connectivity index (χ2v) is 4.73. The largest absolute Gasteiger partial charge is 0.507 e. The lowest BCUT2D eigenvalue weighted by Crippen LogP contribution is -2.17. The summed E-state index contributed by atoms with van der Waals surface area (Å²) >= 11 is 0. The van der Waals surface area contributed by atoms with Crippen molar-refractivity contribution in [3.63, 3.8) is 0 Å². The van der Waals surface area contributed by atoms with E-state index in [4.69, 9.17) is 10.5 Å². The van der Waals surface area contributed by atoms with E-state index in [-0.39, 0.29) is 28.4 Å². The average molecular weight is 368 g/mol. The van der Waals surface area contributed by atoms with Crippen molar-refractivity contribution in [1.29, 1.82) is 0 Å². The molecule has 0 aliphatic heterocycles. The second kappa shape index (κ2) is 10.1. The van der Waals surface area contributed by atoms with Gasteiger partial charge in [-0.3, -0.25) is 0 Å². The number of halogens is 3. The van der Waals surface area contributed by atoms with Crippen LogP contribution >= 0.6 is 0 Å². The molecular weight excluding hydrogens is 345 g/mol. The molecule has 4 nitrogen and oxygen atoms in total. The predicted molar refractivity (Wildman–Crippen MR) is 99.3 cm³/mol. The maximum atomic E-state index is 13.0. The highest BCUT2D eigenvalue weighted by Gasteiger charge is 2.35. The molecule has 7 heteroatoms. The molecule has 0 saturated heterocycles. The highest BCUT2D eigenvalue weighted by Crippen LogP contribution is 2.34.